The lowest BCUT2D eigenvalue weighted by atomic mass is 9.87. The fourth-order valence-electron chi connectivity index (χ4n) is 4.57. The average Bonchev–Trinajstić information content (AvgIpc) is 3.25. The third kappa shape index (κ3) is 4.61. The molecule has 0 saturated carbocycles. The van der Waals surface area contributed by atoms with Gasteiger partial charge in [-0.3, -0.25) is 4.79 Å². The van der Waals surface area contributed by atoms with Gasteiger partial charge in [-0.25, -0.2) is 14.6 Å². The van der Waals surface area contributed by atoms with Crippen molar-refractivity contribution in [3.8, 4) is 11.3 Å². The van der Waals surface area contributed by atoms with Crippen LogP contribution in [0.3, 0.4) is 0 Å². The first-order valence-corrected chi connectivity index (χ1v) is 12.0. The van der Waals surface area contributed by atoms with Crippen molar-refractivity contribution in [3.05, 3.63) is 66.0 Å². The van der Waals surface area contributed by atoms with Crippen LogP contribution in [0.25, 0.3) is 22.3 Å². The number of nitrogen functional groups attached to an aromatic ring is 1. The topological polar surface area (TPSA) is 111 Å². The SMILES string of the molecule is CC(C)(C)c1cccc(NC(=O)c2cccc(-c3nn(C4CCCNC4)c4ncnc(N)c34)c2)c1. The van der Waals surface area contributed by atoms with Crippen LogP contribution in [0.5, 0.6) is 0 Å². The number of nitrogens with one attached hydrogen (secondary N) is 2. The average molecular weight is 470 g/mol. The van der Waals surface area contributed by atoms with Crippen LogP contribution in [0, 0.1) is 0 Å². The lowest BCUT2D eigenvalue weighted by Crippen LogP contribution is -2.32. The van der Waals surface area contributed by atoms with Crippen LogP contribution in [-0.4, -0.2) is 38.7 Å². The second kappa shape index (κ2) is 9.11. The van der Waals surface area contributed by atoms with Gasteiger partial charge in [0.25, 0.3) is 5.91 Å². The second-order valence-corrected chi connectivity index (χ2v) is 10.1. The predicted molar refractivity (Wildman–Crippen MR) is 139 cm³/mol. The smallest absolute Gasteiger partial charge is 0.255 e. The van der Waals surface area contributed by atoms with E-state index in [2.05, 4.69) is 47.4 Å². The fourth-order valence-corrected chi connectivity index (χ4v) is 4.57. The Hall–Kier alpha value is -3.78. The minimum atomic E-state index is -0.178. The predicted octanol–water partition coefficient (Wildman–Crippen LogP) is 4.55. The minimum absolute atomic E-state index is 0.00358. The number of carbonyl (C=O) groups is 1. The monoisotopic (exact) mass is 469 g/mol. The molecule has 1 amide bonds. The van der Waals surface area contributed by atoms with Gasteiger partial charge in [-0.2, -0.15) is 5.10 Å². The number of rotatable bonds is 4. The van der Waals surface area contributed by atoms with E-state index in [4.69, 9.17) is 10.8 Å². The standard InChI is InChI=1S/C27H31N7O/c1-27(2,3)19-9-5-10-20(14-19)32-26(35)18-8-4-7-17(13-18)23-22-24(28)30-16-31-25(22)34(33-23)21-11-6-12-29-15-21/h4-5,7-10,13-14,16,21,29H,6,11-12,15H2,1-3H3,(H,32,35)(H2,28,30,31). The van der Waals surface area contributed by atoms with Gasteiger partial charge in [0.05, 0.1) is 11.4 Å². The molecule has 1 aliphatic heterocycles. The van der Waals surface area contributed by atoms with E-state index in [1.54, 1.807) is 6.07 Å². The van der Waals surface area contributed by atoms with E-state index >= 15 is 0 Å². The molecule has 1 fully saturated rings. The molecule has 1 unspecified atom stereocenters. The molecular weight excluding hydrogens is 438 g/mol. The molecule has 0 radical (unpaired) electrons. The van der Waals surface area contributed by atoms with Crippen molar-refractivity contribution in [2.24, 2.45) is 0 Å². The summed E-state index contributed by atoms with van der Waals surface area (Å²) in [5.41, 5.74) is 11.0. The zero-order chi connectivity index (χ0) is 24.6. The summed E-state index contributed by atoms with van der Waals surface area (Å²) in [6.07, 6.45) is 3.57. The highest BCUT2D eigenvalue weighted by atomic mass is 16.1. The Morgan fingerprint density at radius 2 is 1.97 bits per heavy atom. The Labute approximate surface area is 205 Å². The maximum absolute atomic E-state index is 13.1. The second-order valence-electron chi connectivity index (χ2n) is 10.1. The van der Waals surface area contributed by atoms with Gasteiger partial charge in [-0.05, 0) is 54.6 Å². The molecule has 1 aliphatic rings. The van der Waals surface area contributed by atoms with E-state index in [-0.39, 0.29) is 17.4 Å². The molecule has 1 atom stereocenters. The Morgan fingerprint density at radius 3 is 2.74 bits per heavy atom. The van der Waals surface area contributed by atoms with Crippen molar-refractivity contribution in [3.63, 3.8) is 0 Å². The first-order valence-electron chi connectivity index (χ1n) is 12.0. The van der Waals surface area contributed by atoms with Gasteiger partial charge < -0.3 is 16.4 Å². The molecule has 0 bridgehead atoms. The molecule has 35 heavy (non-hydrogen) atoms. The van der Waals surface area contributed by atoms with Gasteiger partial charge in [0.2, 0.25) is 0 Å². The van der Waals surface area contributed by atoms with E-state index in [1.165, 1.54) is 6.33 Å². The van der Waals surface area contributed by atoms with Crippen molar-refractivity contribution in [1.29, 1.82) is 0 Å². The van der Waals surface area contributed by atoms with Gasteiger partial charge in [0, 0.05) is 23.4 Å². The van der Waals surface area contributed by atoms with Crippen LogP contribution >= 0.6 is 0 Å². The Kier molecular flexibility index (Phi) is 5.98. The maximum Gasteiger partial charge on any atom is 0.255 e. The number of nitrogens with two attached hydrogens (primary N) is 1. The molecule has 2 aromatic heterocycles. The number of amides is 1. The summed E-state index contributed by atoms with van der Waals surface area (Å²) in [5, 5.41) is 12.1. The molecular formula is C27H31N7O. The summed E-state index contributed by atoms with van der Waals surface area (Å²) in [7, 11) is 0. The summed E-state index contributed by atoms with van der Waals surface area (Å²) >= 11 is 0. The third-order valence-corrected chi connectivity index (χ3v) is 6.52. The number of fused-ring (bicyclic) bond motifs is 1. The summed E-state index contributed by atoms with van der Waals surface area (Å²) in [5.74, 6) is 0.205. The van der Waals surface area contributed by atoms with E-state index in [9.17, 15) is 4.79 Å². The fraction of sp³-hybridized carbons (Fsp3) is 0.333. The summed E-state index contributed by atoms with van der Waals surface area (Å²) in [6, 6.07) is 15.6. The Morgan fingerprint density at radius 1 is 1.14 bits per heavy atom. The van der Waals surface area contributed by atoms with E-state index in [0.717, 1.165) is 48.4 Å². The van der Waals surface area contributed by atoms with Crippen LogP contribution in [0.4, 0.5) is 11.5 Å². The van der Waals surface area contributed by atoms with Crippen LogP contribution in [0.15, 0.2) is 54.9 Å². The molecule has 4 aromatic rings. The molecule has 8 heteroatoms. The van der Waals surface area contributed by atoms with Crippen LogP contribution in [0.2, 0.25) is 0 Å². The number of carbonyl (C=O) groups excluding carboxylic acids is 1. The first-order chi connectivity index (χ1) is 16.8. The minimum Gasteiger partial charge on any atom is -0.383 e. The molecule has 4 N–H and O–H groups in total. The number of piperidine rings is 1. The molecule has 1 saturated heterocycles. The molecule has 5 rings (SSSR count). The van der Waals surface area contributed by atoms with Crippen LogP contribution in [-0.2, 0) is 5.41 Å². The van der Waals surface area contributed by atoms with Crippen LogP contribution in [0.1, 0.15) is 55.6 Å². The number of hydrogen-bond acceptors (Lipinski definition) is 6. The highest BCUT2D eigenvalue weighted by Crippen LogP contribution is 2.33. The van der Waals surface area contributed by atoms with Crippen molar-refractivity contribution < 1.29 is 4.79 Å². The van der Waals surface area contributed by atoms with Crippen LogP contribution < -0.4 is 16.4 Å². The highest BCUT2D eigenvalue weighted by Gasteiger charge is 2.24. The Bertz CT molecular complexity index is 1380. The highest BCUT2D eigenvalue weighted by molar-refractivity contribution is 6.06. The lowest BCUT2D eigenvalue weighted by Gasteiger charge is -2.23. The van der Waals surface area contributed by atoms with E-state index in [1.807, 2.05) is 41.1 Å². The Balaban J connectivity index is 1.49. The summed E-state index contributed by atoms with van der Waals surface area (Å²) in [6.45, 7) is 8.30. The quantitative estimate of drug-likeness (QED) is 0.404. The van der Waals surface area contributed by atoms with E-state index < -0.39 is 0 Å². The summed E-state index contributed by atoms with van der Waals surface area (Å²) in [4.78, 5) is 21.9. The van der Waals surface area contributed by atoms with Crippen molar-refractivity contribution >= 4 is 28.4 Å². The van der Waals surface area contributed by atoms with Crippen molar-refractivity contribution in [2.75, 3.05) is 24.1 Å². The van der Waals surface area contributed by atoms with Crippen molar-refractivity contribution in [1.82, 2.24) is 25.1 Å². The zero-order valence-corrected chi connectivity index (χ0v) is 20.4. The molecule has 3 heterocycles. The molecule has 8 nitrogen and oxygen atoms in total. The molecule has 0 spiro atoms. The third-order valence-electron chi connectivity index (χ3n) is 6.52. The van der Waals surface area contributed by atoms with E-state index in [0.29, 0.717) is 22.5 Å². The van der Waals surface area contributed by atoms with Gasteiger partial charge in [-0.15, -0.1) is 0 Å². The number of hydrogen-bond donors (Lipinski definition) is 3. The maximum atomic E-state index is 13.1. The number of benzene rings is 2. The number of anilines is 2. The van der Waals surface area contributed by atoms with Gasteiger partial charge in [0.1, 0.15) is 17.8 Å². The van der Waals surface area contributed by atoms with Crippen molar-refractivity contribution in [2.45, 2.75) is 45.1 Å². The zero-order valence-electron chi connectivity index (χ0n) is 20.4. The van der Waals surface area contributed by atoms with Gasteiger partial charge >= 0.3 is 0 Å². The molecule has 180 valence electrons. The largest absolute Gasteiger partial charge is 0.383 e. The van der Waals surface area contributed by atoms with Gasteiger partial charge in [-0.1, -0.05) is 45.0 Å². The summed E-state index contributed by atoms with van der Waals surface area (Å²) < 4.78 is 1.96. The number of aromatic nitrogens is 4. The lowest BCUT2D eigenvalue weighted by molar-refractivity contribution is 0.102. The molecule has 2 aromatic carbocycles. The normalized spacial score (nSPS) is 16.4. The first kappa shape index (κ1) is 23.0. The van der Waals surface area contributed by atoms with Gasteiger partial charge in [0.15, 0.2) is 5.65 Å². The number of nitrogens with zero attached hydrogens (tertiary/aromatic N) is 4. The molecule has 0 aliphatic carbocycles.